The van der Waals surface area contributed by atoms with Crippen LogP contribution in [0, 0.1) is 0 Å². The van der Waals surface area contributed by atoms with E-state index in [4.69, 9.17) is 16.3 Å². The standard InChI is InChI=1S/C33H30ClNO4/c1-5-39-27-17-16-21(18-26(27)33(2,3)4)30(36)28-29(25-15-8-11-20-10-6-7-14-24(20)25)35(32(38)31(28)37)23-13-9-12-22(34)19-23/h6-19,29,36H,5H2,1-4H3/b30-28+. The van der Waals surface area contributed by atoms with Crippen LogP contribution in [-0.2, 0) is 15.0 Å². The van der Waals surface area contributed by atoms with E-state index in [1.54, 1.807) is 36.4 Å². The van der Waals surface area contributed by atoms with E-state index in [0.29, 0.717) is 28.6 Å². The zero-order valence-corrected chi connectivity index (χ0v) is 23.1. The van der Waals surface area contributed by atoms with Gasteiger partial charge in [0.25, 0.3) is 11.7 Å². The first-order chi connectivity index (χ1) is 18.6. The van der Waals surface area contributed by atoms with E-state index < -0.39 is 17.7 Å². The second-order valence-corrected chi connectivity index (χ2v) is 11.0. The van der Waals surface area contributed by atoms with E-state index >= 15 is 0 Å². The number of hydrogen-bond donors (Lipinski definition) is 1. The predicted molar refractivity (Wildman–Crippen MR) is 156 cm³/mol. The zero-order chi connectivity index (χ0) is 27.9. The summed E-state index contributed by atoms with van der Waals surface area (Å²) < 4.78 is 5.85. The van der Waals surface area contributed by atoms with Gasteiger partial charge in [0.05, 0.1) is 18.2 Å². The second kappa shape index (κ2) is 10.2. The number of Topliss-reactive ketones (excluding diaryl/α,β-unsaturated/α-hetero) is 1. The molecule has 1 atom stereocenters. The van der Waals surface area contributed by atoms with Crippen LogP contribution in [0.15, 0.2) is 90.5 Å². The molecule has 5 nitrogen and oxygen atoms in total. The Hall–Kier alpha value is -4.09. The minimum absolute atomic E-state index is 0.0281. The lowest BCUT2D eigenvalue weighted by molar-refractivity contribution is -0.132. The SMILES string of the molecule is CCOc1ccc(/C(O)=C2\C(=O)C(=O)N(c3cccc(Cl)c3)C2c2cccc3ccccc23)cc1C(C)(C)C. The lowest BCUT2D eigenvalue weighted by Gasteiger charge is -2.27. The molecule has 1 fully saturated rings. The molecule has 0 aromatic heterocycles. The molecule has 1 aliphatic rings. The first-order valence-electron chi connectivity index (χ1n) is 12.9. The van der Waals surface area contributed by atoms with Crippen LogP contribution >= 0.6 is 11.6 Å². The smallest absolute Gasteiger partial charge is 0.300 e. The van der Waals surface area contributed by atoms with Crippen LogP contribution in [0.2, 0.25) is 5.02 Å². The van der Waals surface area contributed by atoms with Crippen LogP contribution in [0.4, 0.5) is 5.69 Å². The average molecular weight is 540 g/mol. The van der Waals surface area contributed by atoms with E-state index in [-0.39, 0.29) is 16.7 Å². The molecule has 4 aromatic carbocycles. The highest BCUT2D eigenvalue weighted by atomic mass is 35.5. The highest BCUT2D eigenvalue weighted by Crippen LogP contribution is 2.45. The maximum Gasteiger partial charge on any atom is 0.300 e. The van der Waals surface area contributed by atoms with E-state index in [1.165, 1.54) is 4.90 Å². The summed E-state index contributed by atoms with van der Waals surface area (Å²) in [6.45, 7) is 8.59. The van der Waals surface area contributed by atoms with Crippen molar-refractivity contribution in [2.45, 2.75) is 39.2 Å². The van der Waals surface area contributed by atoms with Crippen molar-refractivity contribution in [1.29, 1.82) is 0 Å². The highest BCUT2D eigenvalue weighted by Gasteiger charge is 2.47. The average Bonchev–Trinajstić information content (AvgIpc) is 3.17. The number of carbonyl (C=O) groups excluding carboxylic acids is 2. The van der Waals surface area contributed by atoms with Crippen LogP contribution in [0.5, 0.6) is 5.75 Å². The summed E-state index contributed by atoms with van der Waals surface area (Å²) in [5.41, 5.74) is 2.28. The normalized spacial score (nSPS) is 17.2. The van der Waals surface area contributed by atoms with Gasteiger partial charge in [0, 0.05) is 21.8 Å². The summed E-state index contributed by atoms with van der Waals surface area (Å²) >= 11 is 6.30. The van der Waals surface area contributed by atoms with Gasteiger partial charge in [0.1, 0.15) is 11.5 Å². The molecule has 0 aliphatic carbocycles. The molecule has 6 heteroatoms. The maximum absolute atomic E-state index is 13.7. The molecule has 1 aliphatic heterocycles. The van der Waals surface area contributed by atoms with Gasteiger partial charge in [-0.15, -0.1) is 0 Å². The number of rotatable bonds is 5. The quantitative estimate of drug-likeness (QED) is 0.159. The summed E-state index contributed by atoms with van der Waals surface area (Å²) in [6, 6.07) is 24.9. The van der Waals surface area contributed by atoms with Gasteiger partial charge >= 0.3 is 0 Å². The Bertz CT molecular complexity index is 1630. The Morgan fingerprint density at radius 1 is 0.949 bits per heavy atom. The van der Waals surface area contributed by atoms with Crippen molar-refractivity contribution in [3.05, 3.63) is 112 Å². The topological polar surface area (TPSA) is 66.8 Å². The molecule has 0 spiro atoms. The van der Waals surface area contributed by atoms with Gasteiger partial charge in [-0.25, -0.2) is 0 Å². The Morgan fingerprint density at radius 2 is 1.67 bits per heavy atom. The van der Waals surface area contributed by atoms with Crippen molar-refractivity contribution in [3.8, 4) is 5.75 Å². The summed E-state index contributed by atoms with van der Waals surface area (Å²) in [7, 11) is 0. The van der Waals surface area contributed by atoms with Crippen molar-refractivity contribution >= 4 is 45.5 Å². The van der Waals surface area contributed by atoms with Crippen molar-refractivity contribution in [1.82, 2.24) is 0 Å². The summed E-state index contributed by atoms with van der Waals surface area (Å²) in [4.78, 5) is 28.7. The third-order valence-corrected chi connectivity index (χ3v) is 7.24. The molecule has 1 N–H and O–H groups in total. The van der Waals surface area contributed by atoms with E-state index in [9.17, 15) is 14.7 Å². The first-order valence-corrected chi connectivity index (χ1v) is 13.3. The molecular weight excluding hydrogens is 510 g/mol. The number of carbonyl (C=O) groups is 2. The first kappa shape index (κ1) is 26.5. The number of halogens is 1. The fourth-order valence-electron chi connectivity index (χ4n) is 5.21. The molecule has 0 radical (unpaired) electrons. The van der Waals surface area contributed by atoms with Gasteiger partial charge < -0.3 is 9.84 Å². The number of benzene rings is 4. The van der Waals surface area contributed by atoms with Crippen LogP contribution in [-0.4, -0.2) is 23.4 Å². The van der Waals surface area contributed by atoms with Crippen molar-refractivity contribution < 1.29 is 19.4 Å². The van der Waals surface area contributed by atoms with Gasteiger partial charge in [0.15, 0.2) is 0 Å². The highest BCUT2D eigenvalue weighted by molar-refractivity contribution is 6.52. The van der Waals surface area contributed by atoms with Crippen LogP contribution in [0.3, 0.4) is 0 Å². The van der Waals surface area contributed by atoms with E-state index in [1.807, 2.05) is 55.5 Å². The number of anilines is 1. The van der Waals surface area contributed by atoms with Crippen molar-refractivity contribution in [2.24, 2.45) is 0 Å². The predicted octanol–water partition coefficient (Wildman–Crippen LogP) is 7.82. The molecular formula is C33H30ClNO4. The molecule has 39 heavy (non-hydrogen) atoms. The Labute approximate surface area is 233 Å². The fourth-order valence-corrected chi connectivity index (χ4v) is 5.39. The van der Waals surface area contributed by atoms with Crippen LogP contribution < -0.4 is 9.64 Å². The summed E-state index contributed by atoms with van der Waals surface area (Å²) in [6.07, 6.45) is 0. The number of nitrogens with zero attached hydrogens (tertiary/aromatic N) is 1. The van der Waals surface area contributed by atoms with Crippen LogP contribution in [0.1, 0.15) is 50.4 Å². The van der Waals surface area contributed by atoms with Gasteiger partial charge in [-0.1, -0.05) is 80.9 Å². The number of aliphatic hydroxyl groups excluding tert-OH is 1. The number of aliphatic hydroxyl groups is 1. The second-order valence-electron chi connectivity index (χ2n) is 10.6. The van der Waals surface area contributed by atoms with Gasteiger partial charge in [-0.3, -0.25) is 14.5 Å². The van der Waals surface area contributed by atoms with E-state index in [0.717, 1.165) is 21.9 Å². The maximum atomic E-state index is 13.7. The van der Waals surface area contributed by atoms with Gasteiger partial charge in [-0.2, -0.15) is 0 Å². The lowest BCUT2D eigenvalue weighted by Crippen LogP contribution is -2.29. The third kappa shape index (κ3) is 4.79. The lowest BCUT2D eigenvalue weighted by atomic mass is 9.84. The van der Waals surface area contributed by atoms with Gasteiger partial charge in [0.2, 0.25) is 0 Å². The number of ketones is 1. The number of fused-ring (bicyclic) bond motifs is 1. The molecule has 0 saturated carbocycles. The fraction of sp³-hybridized carbons (Fsp3) is 0.212. The van der Waals surface area contributed by atoms with Gasteiger partial charge in [-0.05, 0) is 65.1 Å². The minimum Gasteiger partial charge on any atom is -0.507 e. The minimum atomic E-state index is -0.862. The summed E-state index contributed by atoms with van der Waals surface area (Å²) in [5, 5.41) is 14.0. The largest absolute Gasteiger partial charge is 0.507 e. The third-order valence-electron chi connectivity index (χ3n) is 7.01. The van der Waals surface area contributed by atoms with Crippen LogP contribution in [0.25, 0.3) is 16.5 Å². The molecule has 0 bridgehead atoms. The number of hydrogen-bond acceptors (Lipinski definition) is 4. The molecule has 4 aromatic rings. The number of amides is 1. The Morgan fingerprint density at radius 3 is 2.38 bits per heavy atom. The zero-order valence-electron chi connectivity index (χ0n) is 22.4. The molecule has 1 amide bonds. The van der Waals surface area contributed by atoms with E-state index in [2.05, 4.69) is 20.8 Å². The monoisotopic (exact) mass is 539 g/mol. The summed E-state index contributed by atoms with van der Waals surface area (Å²) in [5.74, 6) is -0.994. The van der Waals surface area contributed by atoms with Crippen molar-refractivity contribution in [3.63, 3.8) is 0 Å². The molecule has 1 heterocycles. The van der Waals surface area contributed by atoms with Crippen molar-refractivity contribution in [2.75, 3.05) is 11.5 Å². The Balaban J connectivity index is 1.79. The molecule has 198 valence electrons. The molecule has 1 unspecified atom stereocenters. The Kier molecular flexibility index (Phi) is 6.96. The molecule has 5 rings (SSSR count). The number of ether oxygens (including phenoxy) is 1. The molecule has 1 saturated heterocycles.